The maximum absolute atomic E-state index is 13.0. The van der Waals surface area contributed by atoms with Crippen molar-refractivity contribution in [2.24, 2.45) is 5.92 Å². The van der Waals surface area contributed by atoms with Crippen molar-refractivity contribution in [1.29, 1.82) is 0 Å². The van der Waals surface area contributed by atoms with E-state index >= 15 is 0 Å². The van der Waals surface area contributed by atoms with Crippen molar-refractivity contribution in [1.82, 2.24) is 4.90 Å². The van der Waals surface area contributed by atoms with Crippen LogP contribution in [0.5, 0.6) is 0 Å². The first-order chi connectivity index (χ1) is 11.8. The van der Waals surface area contributed by atoms with E-state index in [9.17, 15) is 14.4 Å². The number of fused-ring (bicyclic) bond motifs is 1. The van der Waals surface area contributed by atoms with E-state index in [1.54, 1.807) is 4.90 Å². The Hall–Kier alpha value is -1.85. The van der Waals surface area contributed by atoms with Crippen LogP contribution in [0.2, 0.25) is 0 Å². The van der Waals surface area contributed by atoms with Gasteiger partial charge in [-0.25, -0.2) is 0 Å². The van der Waals surface area contributed by atoms with Crippen molar-refractivity contribution in [3.63, 3.8) is 0 Å². The maximum Gasteiger partial charge on any atom is 0.307 e. The number of carbonyl (C=O) groups excluding carboxylic acids is 3. The molecule has 2 aliphatic heterocycles. The van der Waals surface area contributed by atoms with Crippen LogP contribution in [0.1, 0.15) is 59.3 Å². The summed E-state index contributed by atoms with van der Waals surface area (Å²) in [5, 5.41) is 0. The summed E-state index contributed by atoms with van der Waals surface area (Å²) in [7, 11) is 0. The number of cyclic esters (lactones) is 1. The molecule has 6 heteroatoms. The van der Waals surface area contributed by atoms with Gasteiger partial charge in [0.15, 0.2) is 0 Å². The third kappa shape index (κ3) is 6.18. The van der Waals surface area contributed by atoms with Crippen molar-refractivity contribution in [3.8, 4) is 0 Å². The Morgan fingerprint density at radius 1 is 1.32 bits per heavy atom. The molecule has 140 valence electrons. The molecule has 0 bridgehead atoms. The molecular formula is C19H29NO5. The van der Waals surface area contributed by atoms with Gasteiger partial charge in [-0.1, -0.05) is 12.2 Å². The van der Waals surface area contributed by atoms with Crippen molar-refractivity contribution < 1.29 is 23.9 Å². The largest absolute Gasteiger partial charge is 0.463 e. The van der Waals surface area contributed by atoms with E-state index < -0.39 is 11.5 Å². The molecule has 0 radical (unpaired) electrons. The average molecular weight is 351 g/mol. The molecule has 1 saturated heterocycles. The third-order valence-corrected chi connectivity index (χ3v) is 4.38. The molecule has 2 rings (SSSR count). The van der Waals surface area contributed by atoms with Crippen LogP contribution in [-0.2, 0) is 23.9 Å². The lowest BCUT2D eigenvalue weighted by atomic mass is 9.98. The molecule has 25 heavy (non-hydrogen) atoms. The molecule has 2 atom stereocenters. The number of nitrogens with zero attached hydrogens (tertiary/aromatic N) is 1. The van der Waals surface area contributed by atoms with Gasteiger partial charge in [-0.05, 0) is 46.5 Å². The SMILES string of the molecule is CC(C)(C)OC(=O)C[C@@H]1C/C=C/CCC(=O)OC[C@@H]2CCCN2C1=O. The number of hydrogen-bond donors (Lipinski definition) is 0. The number of amides is 1. The maximum atomic E-state index is 13.0. The second-order valence-corrected chi connectivity index (χ2v) is 7.74. The highest BCUT2D eigenvalue weighted by atomic mass is 16.6. The normalized spacial score (nSPS) is 26.9. The van der Waals surface area contributed by atoms with E-state index in [1.165, 1.54) is 0 Å². The summed E-state index contributed by atoms with van der Waals surface area (Å²) in [5.41, 5.74) is -0.564. The zero-order valence-corrected chi connectivity index (χ0v) is 15.5. The number of esters is 2. The molecule has 0 aliphatic carbocycles. The number of hydrogen-bond acceptors (Lipinski definition) is 5. The molecule has 2 aliphatic rings. The van der Waals surface area contributed by atoms with Crippen LogP contribution in [0.4, 0.5) is 0 Å². The van der Waals surface area contributed by atoms with Crippen LogP contribution in [0.15, 0.2) is 12.2 Å². The van der Waals surface area contributed by atoms with Crippen LogP contribution in [0.25, 0.3) is 0 Å². The van der Waals surface area contributed by atoms with E-state index in [0.29, 0.717) is 25.8 Å². The van der Waals surface area contributed by atoms with Gasteiger partial charge in [-0.15, -0.1) is 0 Å². The lowest BCUT2D eigenvalue weighted by Gasteiger charge is -2.29. The van der Waals surface area contributed by atoms with Crippen LogP contribution in [0.3, 0.4) is 0 Å². The van der Waals surface area contributed by atoms with Crippen molar-refractivity contribution in [2.45, 2.75) is 70.9 Å². The summed E-state index contributed by atoms with van der Waals surface area (Å²) >= 11 is 0. The molecule has 0 saturated carbocycles. The predicted octanol–water partition coefficient (Wildman–Crippen LogP) is 2.61. The summed E-state index contributed by atoms with van der Waals surface area (Å²) in [6.45, 7) is 6.35. The average Bonchev–Trinajstić information content (AvgIpc) is 2.96. The van der Waals surface area contributed by atoms with Crippen LogP contribution in [-0.4, -0.2) is 47.5 Å². The minimum atomic E-state index is -0.564. The monoisotopic (exact) mass is 351 g/mol. The van der Waals surface area contributed by atoms with Gasteiger partial charge in [0, 0.05) is 13.0 Å². The Morgan fingerprint density at radius 3 is 2.80 bits per heavy atom. The second kappa shape index (κ2) is 8.50. The Kier molecular flexibility index (Phi) is 6.62. The Bertz CT molecular complexity index is 534. The van der Waals surface area contributed by atoms with E-state index in [0.717, 1.165) is 12.8 Å². The number of ether oxygens (including phenoxy) is 2. The van der Waals surface area contributed by atoms with Gasteiger partial charge in [0.1, 0.15) is 12.2 Å². The number of rotatable bonds is 2. The Morgan fingerprint density at radius 2 is 2.08 bits per heavy atom. The van der Waals surface area contributed by atoms with Gasteiger partial charge in [-0.2, -0.15) is 0 Å². The molecule has 2 heterocycles. The zero-order chi connectivity index (χ0) is 18.4. The van der Waals surface area contributed by atoms with Crippen LogP contribution < -0.4 is 0 Å². The topological polar surface area (TPSA) is 72.9 Å². The quantitative estimate of drug-likeness (QED) is 0.565. The first kappa shape index (κ1) is 19.5. The molecule has 0 spiro atoms. The predicted molar refractivity (Wildman–Crippen MR) is 92.6 cm³/mol. The lowest BCUT2D eigenvalue weighted by Crippen LogP contribution is -2.43. The molecule has 1 fully saturated rings. The summed E-state index contributed by atoms with van der Waals surface area (Å²) in [4.78, 5) is 38.6. The smallest absolute Gasteiger partial charge is 0.307 e. The first-order valence-electron chi connectivity index (χ1n) is 9.09. The van der Waals surface area contributed by atoms with Gasteiger partial charge in [0.25, 0.3) is 0 Å². The van der Waals surface area contributed by atoms with E-state index in [4.69, 9.17) is 9.47 Å². The molecule has 0 aromatic heterocycles. The molecule has 6 nitrogen and oxygen atoms in total. The fourth-order valence-corrected chi connectivity index (χ4v) is 3.23. The highest BCUT2D eigenvalue weighted by Gasteiger charge is 2.35. The molecule has 0 aromatic carbocycles. The lowest BCUT2D eigenvalue weighted by molar-refractivity contribution is -0.158. The van der Waals surface area contributed by atoms with Crippen LogP contribution >= 0.6 is 0 Å². The highest BCUT2D eigenvalue weighted by molar-refractivity contribution is 5.84. The fourth-order valence-electron chi connectivity index (χ4n) is 3.23. The first-order valence-corrected chi connectivity index (χ1v) is 9.09. The van der Waals surface area contributed by atoms with Gasteiger partial charge < -0.3 is 14.4 Å². The standard InChI is InChI=1S/C19H29NO5/c1-19(2,3)25-17(22)12-14-8-5-4-6-10-16(21)24-13-15-9-7-11-20(15)18(14)23/h4-5,14-15H,6-13H2,1-3H3/b5-4+/t14-,15-/m0/s1. The summed E-state index contributed by atoms with van der Waals surface area (Å²) in [6.07, 6.45) is 6.96. The van der Waals surface area contributed by atoms with Crippen molar-refractivity contribution in [2.75, 3.05) is 13.2 Å². The summed E-state index contributed by atoms with van der Waals surface area (Å²) < 4.78 is 10.7. The van der Waals surface area contributed by atoms with Crippen molar-refractivity contribution in [3.05, 3.63) is 12.2 Å². The summed E-state index contributed by atoms with van der Waals surface area (Å²) in [6, 6.07) is -0.0824. The van der Waals surface area contributed by atoms with E-state index in [2.05, 4.69) is 0 Å². The van der Waals surface area contributed by atoms with Gasteiger partial charge in [0.05, 0.1) is 18.4 Å². The fraction of sp³-hybridized carbons (Fsp3) is 0.737. The van der Waals surface area contributed by atoms with Gasteiger partial charge in [0.2, 0.25) is 5.91 Å². The minimum Gasteiger partial charge on any atom is -0.463 e. The second-order valence-electron chi connectivity index (χ2n) is 7.74. The third-order valence-electron chi connectivity index (χ3n) is 4.38. The Balaban J connectivity index is 2.11. The number of carbonyl (C=O) groups is 3. The van der Waals surface area contributed by atoms with Gasteiger partial charge >= 0.3 is 11.9 Å². The molecule has 1 amide bonds. The summed E-state index contributed by atoms with van der Waals surface area (Å²) in [5.74, 6) is -1.06. The highest BCUT2D eigenvalue weighted by Crippen LogP contribution is 2.25. The van der Waals surface area contributed by atoms with E-state index in [1.807, 2.05) is 32.9 Å². The molecule has 0 aromatic rings. The van der Waals surface area contributed by atoms with E-state index in [-0.39, 0.29) is 36.9 Å². The molecular weight excluding hydrogens is 322 g/mol. The Labute approximate surface area is 149 Å². The number of allylic oxidation sites excluding steroid dienone is 2. The zero-order valence-electron chi connectivity index (χ0n) is 15.5. The van der Waals surface area contributed by atoms with Gasteiger partial charge in [-0.3, -0.25) is 14.4 Å². The molecule has 0 unspecified atom stereocenters. The minimum absolute atomic E-state index is 0.0466. The van der Waals surface area contributed by atoms with Crippen molar-refractivity contribution >= 4 is 17.8 Å². The molecule has 0 N–H and O–H groups in total. The van der Waals surface area contributed by atoms with Crippen LogP contribution in [0, 0.1) is 5.92 Å².